The second-order valence-corrected chi connectivity index (χ2v) is 5.42. The van der Waals surface area contributed by atoms with Crippen molar-refractivity contribution in [3.8, 4) is 6.07 Å². The van der Waals surface area contributed by atoms with Crippen LogP contribution in [0.4, 0.5) is 13.2 Å². The highest BCUT2D eigenvalue weighted by Gasteiger charge is 2.33. The molecule has 0 radical (unpaired) electrons. The standard InChI is InChI=1S/C14H10F3N3OS/c1-20(7-12-19-11(8-22-12)14(15,16)17)13(21)10-4-2-9(6-18)3-5-10/h2-5,8H,7H2,1H3. The number of rotatable bonds is 3. The van der Waals surface area contributed by atoms with Crippen LogP contribution in [0, 0.1) is 11.3 Å². The Morgan fingerprint density at radius 2 is 2.00 bits per heavy atom. The van der Waals surface area contributed by atoms with E-state index in [-0.39, 0.29) is 17.5 Å². The molecular formula is C14H10F3N3OS. The van der Waals surface area contributed by atoms with Gasteiger partial charge < -0.3 is 4.90 Å². The van der Waals surface area contributed by atoms with Gasteiger partial charge in [0.25, 0.3) is 5.91 Å². The zero-order valence-electron chi connectivity index (χ0n) is 11.4. The Bertz CT molecular complexity index is 716. The zero-order valence-corrected chi connectivity index (χ0v) is 12.2. The molecule has 22 heavy (non-hydrogen) atoms. The van der Waals surface area contributed by atoms with Crippen molar-refractivity contribution < 1.29 is 18.0 Å². The number of halogens is 3. The highest BCUT2D eigenvalue weighted by atomic mass is 32.1. The van der Waals surface area contributed by atoms with Gasteiger partial charge in [0.15, 0.2) is 5.69 Å². The quantitative estimate of drug-likeness (QED) is 0.870. The fourth-order valence-corrected chi connectivity index (χ4v) is 2.55. The van der Waals surface area contributed by atoms with E-state index in [1.165, 1.54) is 36.2 Å². The van der Waals surface area contributed by atoms with Crippen molar-refractivity contribution in [1.82, 2.24) is 9.88 Å². The van der Waals surface area contributed by atoms with Gasteiger partial charge in [-0.2, -0.15) is 18.4 Å². The topological polar surface area (TPSA) is 57.0 Å². The molecule has 0 atom stereocenters. The Hall–Kier alpha value is -2.40. The summed E-state index contributed by atoms with van der Waals surface area (Å²) in [5.74, 6) is -0.353. The molecule has 0 spiro atoms. The van der Waals surface area contributed by atoms with E-state index in [2.05, 4.69) is 4.98 Å². The van der Waals surface area contributed by atoms with Gasteiger partial charge in [0.1, 0.15) is 5.01 Å². The van der Waals surface area contributed by atoms with Crippen LogP contribution in [0.3, 0.4) is 0 Å². The summed E-state index contributed by atoms with van der Waals surface area (Å²) in [6, 6.07) is 7.95. The molecule has 0 aliphatic heterocycles. The summed E-state index contributed by atoms with van der Waals surface area (Å²) in [6.07, 6.45) is -4.48. The van der Waals surface area contributed by atoms with Crippen LogP contribution in [0.2, 0.25) is 0 Å². The van der Waals surface area contributed by atoms with Gasteiger partial charge >= 0.3 is 6.18 Å². The normalized spacial score (nSPS) is 11.0. The molecular weight excluding hydrogens is 315 g/mol. The maximum Gasteiger partial charge on any atom is 0.434 e. The maximum absolute atomic E-state index is 12.5. The predicted molar refractivity (Wildman–Crippen MR) is 74.1 cm³/mol. The average Bonchev–Trinajstić information content (AvgIpc) is 2.95. The summed E-state index contributed by atoms with van der Waals surface area (Å²) in [4.78, 5) is 16.9. The molecule has 1 amide bonds. The Kier molecular flexibility index (Phi) is 4.47. The Morgan fingerprint density at radius 1 is 1.36 bits per heavy atom. The molecule has 114 valence electrons. The van der Waals surface area contributed by atoms with E-state index < -0.39 is 11.9 Å². The molecule has 0 saturated heterocycles. The summed E-state index contributed by atoms with van der Waals surface area (Å²) in [6.45, 7) is -0.0143. The lowest BCUT2D eigenvalue weighted by atomic mass is 10.1. The number of carbonyl (C=O) groups is 1. The molecule has 1 heterocycles. The molecule has 2 aromatic rings. The van der Waals surface area contributed by atoms with E-state index in [0.717, 1.165) is 16.7 Å². The zero-order chi connectivity index (χ0) is 16.3. The minimum Gasteiger partial charge on any atom is -0.335 e. The van der Waals surface area contributed by atoms with E-state index in [9.17, 15) is 18.0 Å². The molecule has 0 aliphatic rings. The van der Waals surface area contributed by atoms with Crippen molar-refractivity contribution in [3.63, 3.8) is 0 Å². The van der Waals surface area contributed by atoms with Crippen molar-refractivity contribution in [2.24, 2.45) is 0 Å². The molecule has 1 aromatic heterocycles. The summed E-state index contributed by atoms with van der Waals surface area (Å²) in [7, 11) is 1.48. The fourth-order valence-electron chi connectivity index (χ4n) is 1.70. The number of amides is 1. The van der Waals surface area contributed by atoms with Crippen LogP contribution >= 0.6 is 11.3 Å². The van der Waals surface area contributed by atoms with Crippen LogP contribution in [0.1, 0.15) is 26.6 Å². The molecule has 0 unspecified atom stereocenters. The molecule has 2 rings (SSSR count). The molecule has 4 nitrogen and oxygen atoms in total. The SMILES string of the molecule is CN(Cc1nc(C(F)(F)F)cs1)C(=O)c1ccc(C#N)cc1. The van der Waals surface area contributed by atoms with Crippen LogP contribution in [-0.2, 0) is 12.7 Å². The summed E-state index contributed by atoms with van der Waals surface area (Å²) in [5.41, 5.74) is -0.172. The second-order valence-electron chi connectivity index (χ2n) is 4.47. The smallest absolute Gasteiger partial charge is 0.335 e. The Morgan fingerprint density at radius 3 is 2.50 bits per heavy atom. The van der Waals surface area contributed by atoms with Gasteiger partial charge in [0.2, 0.25) is 0 Å². The van der Waals surface area contributed by atoms with E-state index in [1.807, 2.05) is 6.07 Å². The molecule has 0 N–H and O–H groups in total. The average molecular weight is 325 g/mol. The van der Waals surface area contributed by atoms with Gasteiger partial charge in [0.05, 0.1) is 18.2 Å². The Labute approximate surface area is 128 Å². The summed E-state index contributed by atoms with van der Waals surface area (Å²) < 4.78 is 37.4. The number of nitrogens with zero attached hydrogens (tertiary/aromatic N) is 3. The third-order valence-corrected chi connectivity index (χ3v) is 3.66. The van der Waals surface area contributed by atoms with Gasteiger partial charge in [-0.25, -0.2) is 4.98 Å². The third-order valence-electron chi connectivity index (χ3n) is 2.82. The number of thiazole rings is 1. The van der Waals surface area contributed by atoms with Crippen molar-refractivity contribution in [3.05, 3.63) is 51.5 Å². The lowest BCUT2D eigenvalue weighted by Gasteiger charge is -2.15. The molecule has 0 aliphatic carbocycles. The first-order valence-corrected chi connectivity index (χ1v) is 6.96. The lowest BCUT2D eigenvalue weighted by Crippen LogP contribution is -2.26. The van der Waals surface area contributed by atoms with Crippen LogP contribution < -0.4 is 0 Å². The number of benzene rings is 1. The number of aromatic nitrogens is 1. The van der Waals surface area contributed by atoms with Gasteiger partial charge in [-0.05, 0) is 24.3 Å². The number of carbonyl (C=O) groups excluding carboxylic acids is 1. The van der Waals surface area contributed by atoms with Gasteiger partial charge in [-0.3, -0.25) is 4.79 Å². The van der Waals surface area contributed by atoms with Crippen molar-refractivity contribution in [2.75, 3.05) is 7.05 Å². The van der Waals surface area contributed by atoms with Gasteiger partial charge in [-0.1, -0.05) is 0 Å². The van der Waals surface area contributed by atoms with Crippen LogP contribution in [0.5, 0.6) is 0 Å². The largest absolute Gasteiger partial charge is 0.434 e. The van der Waals surface area contributed by atoms with Crippen LogP contribution in [-0.4, -0.2) is 22.8 Å². The maximum atomic E-state index is 12.5. The molecule has 0 saturated carbocycles. The highest BCUT2D eigenvalue weighted by Crippen LogP contribution is 2.30. The molecule has 8 heteroatoms. The lowest BCUT2D eigenvalue weighted by molar-refractivity contribution is -0.140. The first-order valence-electron chi connectivity index (χ1n) is 6.08. The molecule has 0 fully saturated rings. The van der Waals surface area contributed by atoms with E-state index in [0.29, 0.717) is 11.1 Å². The first-order chi connectivity index (χ1) is 10.3. The summed E-state index contributed by atoms with van der Waals surface area (Å²) >= 11 is 0.855. The van der Waals surface area contributed by atoms with Crippen molar-refractivity contribution in [2.45, 2.75) is 12.7 Å². The van der Waals surface area contributed by atoms with E-state index in [4.69, 9.17) is 5.26 Å². The molecule has 0 bridgehead atoms. The van der Waals surface area contributed by atoms with Crippen LogP contribution in [0.25, 0.3) is 0 Å². The van der Waals surface area contributed by atoms with Gasteiger partial charge in [-0.15, -0.1) is 11.3 Å². The predicted octanol–water partition coefficient (Wildman–Crippen LogP) is 3.31. The minimum absolute atomic E-state index is 0.0143. The van der Waals surface area contributed by atoms with Crippen molar-refractivity contribution in [1.29, 1.82) is 5.26 Å². The highest BCUT2D eigenvalue weighted by molar-refractivity contribution is 7.09. The summed E-state index contributed by atoms with van der Waals surface area (Å²) in [5, 5.41) is 9.83. The first kappa shape index (κ1) is 16.0. The number of hydrogen-bond donors (Lipinski definition) is 0. The second kappa shape index (κ2) is 6.15. The Balaban J connectivity index is 2.08. The number of alkyl halides is 3. The van der Waals surface area contributed by atoms with E-state index in [1.54, 1.807) is 0 Å². The molecule has 1 aromatic carbocycles. The van der Waals surface area contributed by atoms with Gasteiger partial charge in [0, 0.05) is 18.0 Å². The third kappa shape index (κ3) is 3.62. The number of hydrogen-bond acceptors (Lipinski definition) is 4. The fraction of sp³-hybridized carbons (Fsp3) is 0.214. The van der Waals surface area contributed by atoms with E-state index >= 15 is 0 Å². The monoisotopic (exact) mass is 325 g/mol. The van der Waals surface area contributed by atoms with Crippen LogP contribution in [0.15, 0.2) is 29.6 Å². The van der Waals surface area contributed by atoms with Crippen molar-refractivity contribution >= 4 is 17.2 Å². The minimum atomic E-state index is -4.48. The number of nitriles is 1.